The first-order chi connectivity index (χ1) is 10.4. The van der Waals surface area contributed by atoms with Crippen molar-refractivity contribution in [2.75, 3.05) is 11.1 Å². The van der Waals surface area contributed by atoms with Gasteiger partial charge in [-0.15, -0.1) is 11.8 Å². The van der Waals surface area contributed by atoms with Crippen LogP contribution < -0.4 is 10.6 Å². The number of aliphatic carboxylic acids is 1. The van der Waals surface area contributed by atoms with Gasteiger partial charge in [-0.1, -0.05) is 13.8 Å². The summed E-state index contributed by atoms with van der Waals surface area (Å²) in [6.45, 7) is 3.79. The number of amides is 2. The second-order valence-corrected chi connectivity index (χ2v) is 6.56. The van der Waals surface area contributed by atoms with E-state index >= 15 is 0 Å². The van der Waals surface area contributed by atoms with Gasteiger partial charge in [0.15, 0.2) is 0 Å². The van der Waals surface area contributed by atoms with E-state index in [0.29, 0.717) is 23.4 Å². The molecule has 1 aromatic rings. The van der Waals surface area contributed by atoms with Crippen LogP contribution in [0.4, 0.5) is 5.69 Å². The van der Waals surface area contributed by atoms with Crippen LogP contribution in [0.1, 0.15) is 30.6 Å². The van der Waals surface area contributed by atoms with Crippen LogP contribution in [0.25, 0.3) is 0 Å². The average molecular weight is 322 g/mol. The number of thioether (sulfide) groups is 1. The van der Waals surface area contributed by atoms with E-state index in [1.165, 1.54) is 11.8 Å². The summed E-state index contributed by atoms with van der Waals surface area (Å²) in [6.07, 6.45) is 0.360. The molecule has 1 aliphatic rings. The van der Waals surface area contributed by atoms with Crippen molar-refractivity contribution < 1.29 is 19.5 Å². The molecule has 22 heavy (non-hydrogen) atoms. The summed E-state index contributed by atoms with van der Waals surface area (Å²) in [5.41, 5.74) is 0.918. The highest BCUT2D eigenvalue weighted by molar-refractivity contribution is 8.00. The Morgan fingerprint density at radius 1 is 1.41 bits per heavy atom. The lowest BCUT2D eigenvalue weighted by molar-refractivity contribution is -0.139. The van der Waals surface area contributed by atoms with E-state index in [2.05, 4.69) is 10.6 Å². The van der Waals surface area contributed by atoms with Crippen LogP contribution in [0.15, 0.2) is 23.1 Å². The zero-order valence-corrected chi connectivity index (χ0v) is 13.2. The van der Waals surface area contributed by atoms with Crippen LogP contribution in [0.3, 0.4) is 0 Å². The van der Waals surface area contributed by atoms with Gasteiger partial charge in [-0.05, 0) is 30.5 Å². The van der Waals surface area contributed by atoms with Crippen LogP contribution in [-0.2, 0) is 9.59 Å². The molecule has 0 aromatic heterocycles. The standard InChI is InChI=1S/C15H18N2O4S/c1-8(2)5-11(15(20)21)17-14(19)9-3-4-12-10(6-9)16-13(18)7-22-12/h3-4,6,8,11H,5,7H2,1-2H3,(H,16,18)(H,17,19)(H,20,21)/t11-/m0/s1. The summed E-state index contributed by atoms with van der Waals surface area (Å²) < 4.78 is 0. The zero-order chi connectivity index (χ0) is 16.3. The minimum absolute atomic E-state index is 0.113. The zero-order valence-electron chi connectivity index (χ0n) is 12.4. The lowest BCUT2D eigenvalue weighted by atomic mass is 10.0. The largest absolute Gasteiger partial charge is 0.480 e. The molecule has 2 rings (SSSR count). The maximum Gasteiger partial charge on any atom is 0.326 e. The third-order valence-corrected chi connectivity index (χ3v) is 4.26. The van der Waals surface area contributed by atoms with E-state index in [-0.39, 0.29) is 11.8 Å². The summed E-state index contributed by atoms with van der Waals surface area (Å²) in [5, 5.41) is 14.4. The van der Waals surface area contributed by atoms with Gasteiger partial charge in [0.2, 0.25) is 5.91 Å². The lowest BCUT2D eigenvalue weighted by Gasteiger charge is -2.19. The normalized spacial score (nSPS) is 15.0. The summed E-state index contributed by atoms with van der Waals surface area (Å²) in [6, 6.07) is 4.04. The Morgan fingerprint density at radius 3 is 2.77 bits per heavy atom. The van der Waals surface area contributed by atoms with Crippen molar-refractivity contribution in [2.45, 2.75) is 31.2 Å². The Bertz CT molecular complexity index is 616. The van der Waals surface area contributed by atoms with Gasteiger partial charge in [0.25, 0.3) is 5.91 Å². The van der Waals surface area contributed by atoms with E-state index in [9.17, 15) is 14.4 Å². The number of carbonyl (C=O) groups is 3. The molecule has 6 nitrogen and oxygen atoms in total. The molecule has 1 aromatic carbocycles. The highest BCUT2D eigenvalue weighted by Gasteiger charge is 2.23. The van der Waals surface area contributed by atoms with Crippen molar-refractivity contribution >= 4 is 35.2 Å². The molecule has 0 unspecified atom stereocenters. The Balaban J connectivity index is 2.13. The first kappa shape index (κ1) is 16.4. The van der Waals surface area contributed by atoms with Crippen molar-refractivity contribution in [2.24, 2.45) is 5.92 Å². The van der Waals surface area contributed by atoms with E-state index in [0.717, 1.165) is 4.90 Å². The molecule has 0 aliphatic carbocycles. The number of carboxylic acids is 1. The summed E-state index contributed by atoms with van der Waals surface area (Å²) in [7, 11) is 0. The van der Waals surface area contributed by atoms with E-state index in [1.807, 2.05) is 13.8 Å². The van der Waals surface area contributed by atoms with Crippen LogP contribution in [0, 0.1) is 5.92 Å². The minimum atomic E-state index is -1.05. The fraction of sp³-hybridized carbons (Fsp3) is 0.400. The monoisotopic (exact) mass is 322 g/mol. The topological polar surface area (TPSA) is 95.5 Å². The van der Waals surface area contributed by atoms with E-state index < -0.39 is 17.9 Å². The Labute approximate surface area is 132 Å². The smallest absolute Gasteiger partial charge is 0.326 e. The summed E-state index contributed by atoms with van der Waals surface area (Å²) >= 11 is 1.41. The van der Waals surface area contributed by atoms with Gasteiger partial charge in [0, 0.05) is 10.5 Å². The van der Waals surface area contributed by atoms with Gasteiger partial charge < -0.3 is 15.7 Å². The first-order valence-corrected chi connectivity index (χ1v) is 7.95. The SMILES string of the molecule is CC(C)C[C@H](NC(=O)c1ccc2c(c1)NC(=O)CS2)C(=O)O. The fourth-order valence-electron chi connectivity index (χ4n) is 2.16. The van der Waals surface area contributed by atoms with Crippen LogP contribution in [0.5, 0.6) is 0 Å². The molecule has 3 N–H and O–H groups in total. The minimum Gasteiger partial charge on any atom is -0.480 e. The third kappa shape index (κ3) is 4.00. The molecule has 0 fully saturated rings. The molecule has 2 amide bonds. The molecule has 0 bridgehead atoms. The van der Waals surface area contributed by atoms with Crippen molar-refractivity contribution in [3.63, 3.8) is 0 Å². The molecule has 1 heterocycles. The van der Waals surface area contributed by atoms with Crippen molar-refractivity contribution in [1.82, 2.24) is 5.32 Å². The van der Waals surface area contributed by atoms with Gasteiger partial charge in [-0.2, -0.15) is 0 Å². The third-order valence-electron chi connectivity index (χ3n) is 3.19. The van der Waals surface area contributed by atoms with Crippen LogP contribution in [-0.4, -0.2) is 34.7 Å². The quantitative estimate of drug-likeness (QED) is 0.770. The molecule has 0 spiro atoms. The summed E-state index contributed by atoms with van der Waals surface area (Å²) in [5.74, 6) is -1.11. The number of fused-ring (bicyclic) bond motifs is 1. The van der Waals surface area contributed by atoms with Crippen molar-refractivity contribution in [1.29, 1.82) is 0 Å². The molecular weight excluding hydrogens is 304 g/mol. The number of benzene rings is 1. The predicted molar refractivity (Wildman–Crippen MR) is 84.1 cm³/mol. The second-order valence-electron chi connectivity index (χ2n) is 5.54. The second kappa shape index (κ2) is 6.83. The molecule has 1 atom stereocenters. The first-order valence-electron chi connectivity index (χ1n) is 6.97. The molecule has 7 heteroatoms. The lowest BCUT2D eigenvalue weighted by Crippen LogP contribution is -2.41. The van der Waals surface area contributed by atoms with Crippen LogP contribution in [0.2, 0.25) is 0 Å². The number of anilines is 1. The number of nitrogens with one attached hydrogen (secondary N) is 2. The fourth-order valence-corrected chi connectivity index (χ4v) is 2.95. The highest BCUT2D eigenvalue weighted by Crippen LogP contribution is 2.31. The molecular formula is C15H18N2O4S. The van der Waals surface area contributed by atoms with Gasteiger partial charge in [0.05, 0.1) is 11.4 Å². The number of carbonyl (C=O) groups excluding carboxylic acids is 2. The van der Waals surface area contributed by atoms with Gasteiger partial charge in [-0.3, -0.25) is 9.59 Å². The van der Waals surface area contributed by atoms with Gasteiger partial charge in [0.1, 0.15) is 6.04 Å². The predicted octanol–water partition coefficient (Wildman–Crippen LogP) is 1.96. The van der Waals surface area contributed by atoms with Gasteiger partial charge in [-0.25, -0.2) is 4.79 Å². The Hall–Kier alpha value is -2.02. The maximum atomic E-state index is 12.2. The Morgan fingerprint density at radius 2 is 2.14 bits per heavy atom. The average Bonchev–Trinajstić information content (AvgIpc) is 2.45. The van der Waals surface area contributed by atoms with E-state index in [1.54, 1.807) is 18.2 Å². The molecule has 0 saturated carbocycles. The molecule has 0 radical (unpaired) electrons. The molecule has 0 saturated heterocycles. The highest BCUT2D eigenvalue weighted by atomic mass is 32.2. The number of hydrogen-bond acceptors (Lipinski definition) is 4. The summed E-state index contributed by atoms with van der Waals surface area (Å²) in [4.78, 5) is 35.7. The van der Waals surface area contributed by atoms with Crippen molar-refractivity contribution in [3.05, 3.63) is 23.8 Å². The molecule has 1 aliphatic heterocycles. The van der Waals surface area contributed by atoms with E-state index in [4.69, 9.17) is 5.11 Å². The number of rotatable bonds is 5. The number of hydrogen-bond donors (Lipinski definition) is 3. The Kier molecular flexibility index (Phi) is 5.07. The number of carboxylic acid groups (broad SMARTS) is 1. The maximum absolute atomic E-state index is 12.2. The van der Waals surface area contributed by atoms with Gasteiger partial charge >= 0.3 is 5.97 Å². The van der Waals surface area contributed by atoms with Crippen molar-refractivity contribution in [3.8, 4) is 0 Å². The van der Waals surface area contributed by atoms with Crippen LogP contribution >= 0.6 is 11.8 Å². The molecule has 118 valence electrons.